The first kappa shape index (κ1) is 12.4. The molecule has 0 N–H and O–H groups in total. The Morgan fingerprint density at radius 3 is 2.68 bits per heavy atom. The maximum absolute atomic E-state index is 13.4. The van der Waals surface area contributed by atoms with Crippen molar-refractivity contribution in [3.05, 3.63) is 41.3 Å². The highest BCUT2D eigenvalue weighted by Crippen LogP contribution is 2.30. The molecule has 19 heavy (non-hydrogen) atoms. The SMILES string of the molecule is Cn1nc2c(c1-c1cccc(F)c1)CCCCCC2. The molecule has 3 heteroatoms. The van der Waals surface area contributed by atoms with Gasteiger partial charge in [0.15, 0.2) is 0 Å². The van der Waals surface area contributed by atoms with E-state index in [0.29, 0.717) is 0 Å². The van der Waals surface area contributed by atoms with Gasteiger partial charge in [0.1, 0.15) is 5.82 Å². The van der Waals surface area contributed by atoms with Crippen molar-refractivity contribution in [2.45, 2.75) is 38.5 Å². The fourth-order valence-corrected chi connectivity index (χ4v) is 3.03. The third-order valence-corrected chi connectivity index (χ3v) is 3.92. The highest BCUT2D eigenvalue weighted by Gasteiger charge is 2.18. The standard InChI is InChI=1S/C16H19FN2/c1-19-16(12-7-6-8-13(17)11-12)14-9-4-2-3-5-10-15(14)18-19/h6-8,11H,2-5,9-10H2,1H3. The molecule has 1 aromatic heterocycles. The molecule has 0 spiro atoms. The molecule has 0 radical (unpaired) electrons. The van der Waals surface area contributed by atoms with E-state index in [4.69, 9.17) is 0 Å². The Balaban J connectivity index is 2.10. The average Bonchev–Trinajstić information content (AvgIpc) is 2.65. The Bertz CT molecular complexity index is 586. The van der Waals surface area contributed by atoms with Gasteiger partial charge in [-0.05, 0) is 37.8 Å². The van der Waals surface area contributed by atoms with Gasteiger partial charge in [-0.2, -0.15) is 5.10 Å². The van der Waals surface area contributed by atoms with E-state index in [-0.39, 0.29) is 5.82 Å². The third kappa shape index (κ3) is 2.42. The summed E-state index contributed by atoms with van der Waals surface area (Å²) < 4.78 is 15.4. The van der Waals surface area contributed by atoms with Crippen molar-refractivity contribution < 1.29 is 4.39 Å². The molecular weight excluding hydrogens is 239 g/mol. The smallest absolute Gasteiger partial charge is 0.123 e. The van der Waals surface area contributed by atoms with Crippen molar-refractivity contribution in [2.24, 2.45) is 7.05 Å². The lowest BCUT2D eigenvalue weighted by Gasteiger charge is -2.10. The van der Waals surface area contributed by atoms with Crippen LogP contribution in [0.2, 0.25) is 0 Å². The zero-order chi connectivity index (χ0) is 13.2. The van der Waals surface area contributed by atoms with Gasteiger partial charge in [-0.3, -0.25) is 4.68 Å². The highest BCUT2D eigenvalue weighted by atomic mass is 19.1. The van der Waals surface area contributed by atoms with Crippen molar-refractivity contribution in [3.8, 4) is 11.3 Å². The Labute approximate surface area is 113 Å². The van der Waals surface area contributed by atoms with Crippen molar-refractivity contribution in [1.82, 2.24) is 9.78 Å². The molecule has 2 aromatic rings. The molecular formula is C16H19FN2. The molecule has 1 aliphatic carbocycles. The van der Waals surface area contributed by atoms with Crippen LogP contribution in [-0.4, -0.2) is 9.78 Å². The fraction of sp³-hybridized carbons (Fsp3) is 0.438. The number of halogens is 1. The van der Waals surface area contributed by atoms with Gasteiger partial charge in [0, 0.05) is 18.2 Å². The molecule has 0 aliphatic heterocycles. The summed E-state index contributed by atoms with van der Waals surface area (Å²) in [5.74, 6) is -0.182. The van der Waals surface area contributed by atoms with E-state index >= 15 is 0 Å². The third-order valence-electron chi connectivity index (χ3n) is 3.92. The second kappa shape index (κ2) is 5.16. The van der Waals surface area contributed by atoms with Gasteiger partial charge in [0.25, 0.3) is 0 Å². The van der Waals surface area contributed by atoms with Crippen molar-refractivity contribution >= 4 is 0 Å². The number of aromatic nitrogens is 2. The molecule has 100 valence electrons. The number of benzene rings is 1. The molecule has 0 amide bonds. The molecule has 3 rings (SSSR count). The van der Waals surface area contributed by atoms with Crippen LogP contribution in [0.5, 0.6) is 0 Å². The monoisotopic (exact) mass is 258 g/mol. The van der Waals surface area contributed by atoms with Crippen molar-refractivity contribution in [2.75, 3.05) is 0 Å². The summed E-state index contributed by atoms with van der Waals surface area (Å²) in [4.78, 5) is 0. The number of nitrogens with zero attached hydrogens (tertiary/aromatic N) is 2. The second-order valence-corrected chi connectivity index (χ2v) is 5.32. The molecule has 0 bridgehead atoms. The van der Waals surface area contributed by atoms with Gasteiger partial charge in [-0.1, -0.05) is 25.0 Å². The molecule has 0 fully saturated rings. The van der Waals surface area contributed by atoms with Gasteiger partial charge in [0.05, 0.1) is 11.4 Å². The predicted molar refractivity (Wildman–Crippen MR) is 74.5 cm³/mol. The first-order valence-corrected chi connectivity index (χ1v) is 7.06. The first-order valence-electron chi connectivity index (χ1n) is 7.06. The van der Waals surface area contributed by atoms with Crippen molar-refractivity contribution in [1.29, 1.82) is 0 Å². The summed E-state index contributed by atoms with van der Waals surface area (Å²) in [6.07, 6.45) is 7.13. The van der Waals surface area contributed by atoms with E-state index in [1.807, 2.05) is 17.8 Å². The fourth-order valence-electron chi connectivity index (χ4n) is 3.03. The lowest BCUT2D eigenvalue weighted by atomic mass is 9.95. The van der Waals surface area contributed by atoms with E-state index in [0.717, 1.165) is 24.1 Å². The lowest BCUT2D eigenvalue weighted by Crippen LogP contribution is -1.99. The van der Waals surface area contributed by atoms with E-state index in [9.17, 15) is 4.39 Å². The Hall–Kier alpha value is -1.64. The van der Waals surface area contributed by atoms with Crippen LogP contribution in [0.25, 0.3) is 11.3 Å². The second-order valence-electron chi connectivity index (χ2n) is 5.32. The van der Waals surface area contributed by atoms with Crippen LogP contribution < -0.4 is 0 Å². The minimum Gasteiger partial charge on any atom is -0.267 e. The maximum Gasteiger partial charge on any atom is 0.123 e. The zero-order valence-electron chi connectivity index (χ0n) is 11.3. The number of rotatable bonds is 1. The van der Waals surface area contributed by atoms with E-state index < -0.39 is 0 Å². The quantitative estimate of drug-likeness (QED) is 0.759. The largest absolute Gasteiger partial charge is 0.267 e. The van der Waals surface area contributed by atoms with Crippen LogP contribution in [-0.2, 0) is 19.9 Å². The number of hydrogen-bond donors (Lipinski definition) is 0. The Kier molecular flexibility index (Phi) is 3.36. The van der Waals surface area contributed by atoms with Gasteiger partial charge >= 0.3 is 0 Å². The highest BCUT2D eigenvalue weighted by molar-refractivity contribution is 5.65. The van der Waals surface area contributed by atoms with Crippen LogP contribution in [0, 0.1) is 5.82 Å². The van der Waals surface area contributed by atoms with Crippen LogP contribution in [0.1, 0.15) is 36.9 Å². The summed E-state index contributed by atoms with van der Waals surface area (Å²) >= 11 is 0. The normalized spacial score (nSPS) is 15.7. The van der Waals surface area contributed by atoms with Crippen LogP contribution in [0.15, 0.2) is 24.3 Å². The van der Waals surface area contributed by atoms with Gasteiger partial charge in [-0.25, -0.2) is 4.39 Å². The molecule has 0 saturated carbocycles. The summed E-state index contributed by atoms with van der Waals surface area (Å²) in [5.41, 5.74) is 4.57. The van der Waals surface area contributed by atoms with E-state index in [2.05, 4.69) is 5.10 Å². The summed E-state index contributed by atoms with van der Waals surface area (Å²) in [6, 6.07) is 6.84. The average molecular weight is 258 g/mol. The summed E-state index contributed by atoms with van der Waals surface area (Å²) in [7, 11) is 1.96. The molecule has 0 atom stereocenters. The number of aryl methyl sites for hydroxylation is 2. The molecule has 0 saturated heterocycles. The topological polar surface area (TPSA) is 17.8 Å². The Morgan fingerprint density at radius 1 is 1.11 bits per heavy atom. The lowest BCUT2D eigenvalue weighted by molar-refractivity contribution is 0.609. The minimum atomic E-state index is -0.182. The van der Waals surface area contributed by atoms with Crippen molar-refractivity contribution in [3.63, 3.8) is 0 Å². The first-order chi connectivity index (χ1) is 9.25. The molecule has 2 nitrogen and oxygen atoms in total. The maximum atomic E-state index is 13.4. The van der Waals surface area contributed by atoms with Gasteiger partial charge < -0.3 is 0 Å². The van der Waals surface area contributed by atoms with E-state index in [1.165, 1.54) is 43.0 Å². The summed E-state index contributed by atoms with van der Waals surface area (Å²) in [6.45, 7) is 0. The van der Waals surface area contributed by atoms with Crippen LogP contribution in [0.3, 0.4) is 0 Å². The Morgan fingerprint density at radius 2 is 1.89 bits per heavy atom. The molecule has 1 aliphatic rings. The van der Waals surface area contributed by atoms with Gasteiger partial charge in [-0.15, -0.1) is 0 Å². The van der Waals surface area contributed by atoms with Crippen LogP contribution >= 0.6 is 0 Å². The molecule has 1 heterocycles. The summed E-state index contributed by atoms with van der Waals surface area (Å²) in [5, 5.41) is 4.65. The van der Waals surface area contributed by atoms with Gasteiger partial charge in [0.2, 0.25) is 0 Å². The van der Waals surface area contributed by atoms with Crippen LogP contribution in [0.4, 0.5) is 4.39 Å². The molecule has 0 unspecified atom stereocenters. The number of fused-ring (bicyclic) bond motifs is 1. The number of hydrogen-bond acceptors (Lipinski definition) is 1. The van der Waals surface area contributed by atoms with E-state index in [1.54, 1.807) is 12.1 Å². The molecule has 1 aromatic carbocycles. The zero-order valence-corrected chi connectivity index (χ0v) is 11.3. The predicted octanol–water partition coefficient (Wildman–Crippen LogP) is 3.89. The minimum absolute atomic E-state index is 0.182.